The Labute approximate surface area is 132 Å². The van der Waals surface area contributed by atoms with Crippen LogP contribution in [0, 0.1) is 0 Å². The predicted octanol–water partition coefficient (Wildman–Crippen LogP) is 4.15. The summed E-state index contributed by atoms with van der Waals surface area (Å²) in [5.74, 6) is 6.72. The van der Waals surface area contributed by atoms with Crippen LogP contribution in [0.5, 0.6) is 0 Å². The molecule has 0 bridgehead atoms. The van der Waals surface area contributed by atoms with Crippen molar-refractivity contribution in [3.63, 3.8) is 0 Å². The lowest BCUT2D eigenvalue weighted by Crippen LogP contribution is -2.39. The van der Waals surface area contributed by atoms with Crippen LogP contribution in [0.3, 0.4) is 0 Å². The van der Waals surface area contributed by atoms with Crippen molar-refractivity contribution < 1.29 is 0 Å². The maximum absolute atomic E-state index is 6.25. The smallest absolute Gasteiger partial charge is 0.0449 e. The summed E-state index contributed by atoms with van der Waals surface area (Å²) < 4.78 is 1.01. The molecule has 1 unspecified atom stereocenters. The number of benzene rings is 1. The number of halogens is 2. The van der Waals surface area contributed by atoms with Gasteiger partial charge in [-0.2, -0.15) is 11.8 Å². The zero-order valence-corrected chi connectivity index (χ0v) is 14.0. The lowest BCUT2D eigenvalue weighted by molar-refractivity contribution is 0.574. The standard InChI is InChI=1S/C14H20BrClN2S/c15-11-6-5-10(14(16)8-11)7-12(18-17)9-19-13-3-1-2-4-13/h5-6,8,12-13,18H,1-4,7,9,17H2. The molecule has 0 saturated heterocycles. The van der Waals surface area contributed by atoms with Crippen LogP contribution >= 0.6 is 39.3 Å². The van der Waals surface area contributed by atoms with Gasteiger partial charge in [-0.3, -0.25) is 11.3 Å². The minimum atomic E-state index is 0.282. The second-order valence-corrected chi connectivity index (χ2v) is 7.70. The molecule has 2 rings (SSSR count). The van der Waals surface area contributed by atoms with Crippen LogP contribution < -0.4 is 11.3 Å². The monoisotopic (exact) mass is 362 g/mol. The van der Waals surface area contributed by atoms with Gasteiger partial charge in [0.2, 0.25) is 0 Å². The normalized spacial score (nSPS) is 17.8. The zero-order valence-electron chi connectivity index (χ0n) is 10.9. The van der Waals surface area contributed by atoms with E-state index >= 15 is 0 Å². The van der Waals surface area contributed by atoms with Gasteiger partial charge >= 0.3 is 0 Å². The molecule has 2 nitrogen and oxygen atoms in total. The molecule has 0 amide bonds. The lowest BCUT2D eigenvalue weighted by Gasteiger charge is -2.18. The Morgan fingerprint density at radius 2 is 2.16 bits per heavy atom. The first-order valence-electron chi connectivity index (χ1n) is 6.70. The van der Waals surface area contributed by atoms with Crippen molar-refractivity contribution in [2.45, 2.75) is 43.4 Å². The molecule has 1 aliphatic carbocycles. The molecule has 0 heterocycles. The molecule has 106 valence electrons. The summed E-state index contributed by atoms with van der Waals surface area (Å²) >= 11 is 11.7. The molecule has 0 radical (unpaired) electrons. The molecule has 1 aromatic rings. The largest absolute Gasteiger partial charge is 0.271 e. The van der Waals surface area contributed by atoms with Crippen LogP contribution in [-0.4, -0.2) is 17.0 Å². The molecular weight excluding hydrogens is 344 g/mol. The second kappa shape index (κ2) is 7.89. The number of hydrazine groups is 1. The van der Waals surface area contributed by atoms with Crippen molar-refractivity contribution in [3.8, 4) is 0 Å². The molecule has 0 spiro atoms. The molecule has 19 heavy (non-hydrogen) atoms. The Hall–Kier alpha value is 0.260. The van der Waals surface area contributed by atoms with Gasteiger partial charge in [0.1, 0.15) is 0 Å². The number of hydrogen-bond acceptors (Lipinski definition) is 3. The van der Waals surface area contributed by atoms with Crippen molar-refractivity contribution in [2.24, 2.45) is 5.84 Å². The molecule has 0 aromatic heterocycles. The van der Waals surface area contributed by atoms with Crippen molar-refractivity contribution in [3.05, 3.63) is 33.3 Å². The maximum Gasteiger partial charge on any atom is 0.0449 e. The number of rotatable bonds is 6. The molecule has 3 N–H and O–H groups in total. The highest BCUT2D eigenvalue weighted by atomic mass is 79.9. The lowest BCUT2D eigenvalue weighted by atomic mass is 10.1. The van der Waals surface area contributed by atoms with Crippen LogP contribution in [-0.2, 0) is 6.42 Å². The van der Waals surface area contributed by atoms with E-state index in [1.165, 1.54) is 25.7 Å². The van der Waals surface area contributed by atoms with E-state index in [4.69, 9.17) is 17.4 Å². The maximum atomic E-state index is 6.25. The Balaban J connectivity index is 1.86. The molecule has 5 heteroatoms. The average Bonchev–Trinajstić information content (AvgIpc) is 2.90. The fourth-order valence-electron chi connectivity index (χ4n) is 2.43. The summed E-state index contributed by atoms with van der Waals surface area (Å²) in [5.41, 5.74) is 4.08. The van der Waals surface area contributed by atoms with Crippen LogP contribution in [0.25, 0.3) is 0 Å². The SMILES string of the molecule is NNC(CSC1CCCC1)Cc1ccc(Br)cc1Cl. The van der Waals surface area contributed by atoms with Crippen molar-refractivity contribution in [1.82, 2.24) is 5.43 Å². The highest BCUT2D eigenvalue weighted by molar-refractivity contribution is 9.10. The fourth-order valence-corrected chi connectivity index (χ4v) is 4.56. The molecule has 1 aromatic carbocycles. The number of hydrogen-bond donors (Lipinski definition) is 2. The molecule has 0 aliphatic heterocycles. The first kappa shape index (κ1) is 15.6. The number of thioether (sulfide) groups is 1. The minimum Gasteiger partial charge on any atom is -0.271 e. The summed E-state index contributed by atoms with van der Waals surface area (Å²) in [4.78, 5) is 0. The van der Waals surface area contributed by atoms with Crippen LogP contribution in [0.15, 0.2) is 22.7 Å². The highest BCUT2D eigenvalue weighted by Gasteiger charge is 2.18. The quantitative estimate of drug-likeness (QED) is 0.589. The zero-order chi connectivity index (χ0) is 13.7. The average molecular weight is 364 g/mol. The third kappa shape index (κ3) is 4.94. The van der Waals surface area contributed by atoms with Gasteiger partial charge in [-0.25, -0.2) is 0 Å². The Bertz CT molecular complexity index is 410. The van der Waals surface area contributed by atoms with Gasteiger partial charge in [0, 0.05) is 26.5 Å². The Morgan fingerprint density at radius 1 is 1.42 bits per heavy atom. The summed E-state index contributed by atoms with van der Waals surface area (Å²) in [6, 6.07) is 6.31. The van der Waals surface area contributed by atoms with Crippen molar-refractivity contribution >= 4 is 39.3 Å². The van der Waals surface area contributed by atoms with Gasteiger partial charge < -0.3 is 0 Å². The van der Waals surface area contributed by atoms with Crippen LogP contribution in [0.2, 0.25) is 5.02 Å². The summed E-state index contributed by atoms with van der Waals surface area (Å²) in [7, 11) is 0. The molecule has 1 atom stereocenters. The summed E-state index contributed by atoms with van der Waals surface area (Å²) in [6.45, 7) is 0. The van der Waals surface area contributed by atoms with Gasteiger partial charge in [0.15, 0.2) is 0 Å². The Morgan fingerprint density at radius 3 is 2.79 bits per heavy atom. The number of nitrogens with two attached hydrogens (primary N) is 1. The molecule has 1 saturated carbocycles. The van der Waals surface area contributed by atoms with Crippen molar-refractivity contribution in [1.29, 1.82) is 0 Å². The Kier molecular flexibility index (Phi) is 6.50. The summed E-state index contributed by atoms with van der Waals surface area (Å²) in [5, 5.41) is 1.64. The first-order valence-corrected chi connectivity index (χ1v) is 8.92. The van der Waals surface area contributed by atoms with E-state index in [9.17, 15) is 0 Å². The van der Waals surface area contributed by atoms with Gasteiger partial charge in [-0.15, -0.1) is 0 Å². The molecular formula is C14H20BrClN2S. The van der Waals surface area contributed by atoms with E-state index in [1.54, 1.807) is 0 Å². The van der Waals surface area contributed by atoms with E-state index in [2.05, 4.69) is 39.2 Å². The van der Waals surface area contributed by atoms with Gasteiger partial charge in [-0.1, -0.05) is 46.4 Å². The third-order valence-corrected chi connectivity index (χ3v) is 5.94. The molecule has 1 aliphatic rings. The third-order valence-electron chi connectivity index (χ3n) is 3.55. The first-order chi connectivity index (χ1) is 9.19. The predicted molar refractivity (Wildman–Crippen MR) is 88.7 cm³/mol. The topological polar surface area (TPSA) is 38.0 Å². The van der Waals surface area contributed by atoms with Crippen LogP contribution in [0.1, 0.15) is 31.2 Å². The van der Waals surface area contributed by atoms with E-state index < -0.39 is 0 Å². The fraction of sp³-hybridized carbons (Fsp3) is 0.571. The van der Waals surface area contributed by atoms with E-state index in [1.807, 2.05) is 12.1 Å². The van der Waals surface area contributed by atoms with Gasteiger partial charge in [0.05, 0.1) is 0 Å². The minimum absolute atomic E-state index is 0.282. The van der Waals surface area contributed by atoms with Gasteiger partial charge in [-0.05, 0) is 37.0 Å². The second-order valence-electron chi connectivity index (χ2n) is 5.04. The van der Waals surface area contributed by atoms with E-state index in [0.29, 0.717) is 0 Å². The summed E-state index contributed by atoms with van der Waals surface area (Å²) in [6.07, 6.45) is 6.37. The van der Waals surface area contributed by atoms with E-state index in [0.717, 1.165) is 32.5 Å². The van der Waals surface area contributed by atoms with E-state index in [-0.39, 0.29) is 6.04 Å². The number of nitrogens with one attached hydrogen (secondary N) is 1. The van der Waals surface area contributed by atoms with Crippen molar-refractivity contribution in [2.75, 3.05) is 5.75 Å². The highest BCUT2D eigenvalue weighted by Crippen LogP contribution is 2.30. The van der Waals surface area contributed by atoms with Crippen LogP contribution in [0.4, 0.5) is 0 Å². The molecule has 1 fully saturated rings. The van der Waals surface area contributed by atoms with Gasteiger partial charge in [0.25, 0.3) is 0 Å².